The van der Waals surface area contributed by atoms with Crippen molar-refractivity contribution >= 4 is 32.7 Å². The predicted molar refractivity (Wildman–Crippen MR) is 129 cm³/mol. The Morgan fingerprint density at radius 3 is 2.68 bits per heavy atom. The van der Waals surface area contributed by atoms with Crippen molar-refractivity contribution in [2.75, 3.05) is 44.9 Å². The number of nitrogens with zero attached hydrogens (tertiary/aromatic N) is 3. The molecule has 3 heterocycles. The Balaban J connectivity index is 1.56. The smallest absolute Gasteiger partial charge is 0.410 e. The van der Waals surface area contributed by atoms with Crippen molar-refractivity contribution in [3.8, 4) is 11.3 Å². The number of hydrogen-bond donors (Lipinski definition) is 2. The summed E-state index contributed by atoms with van der Waals surface area (Å²) in [6.07, 6.45) is 0.259. The number of rotatable bonds is 4. The van der Waals surface area contributed by atoms with E-state index < -0.39 is 22.2 Å². The molecule has 0 aliphatic carbocycles. The highest BCUT2D eigenvalue weighted by Crippen LogP contribution is 2.36. The van der Waals surface area contributed by atoms with Crippen molar-refractivity contribution in [3.63, 3.8) is 0 Å². The molecule has 2 aromatic carbocycles. The highest BCUT2D eigenvalue weighted by atomic mass is 32.2. The molecule has 9 nitrogen and oxygen atoms in total. The fraction of sp³-hybridized carbons (Fsp3) is 0.375. The largest absolute Gasteiger partial charge is 0.453 e. The predicted octanol–water partition coefficient (Wildman–Crippen LogP) is 2.83. The lowest BCUT2D eigenvalue weighted by atomic mass is 10.1. The van der Waals surface area contributed by atoms with Gasteiger partial charge in [0.05, 0.1) is 24.8 Å². The van der Waals surface area contributed by atoms with Crippen LogP contribution in [0.15, 0.2) is 53.4 Å². The third-order valence-electron chi connectivity index (χ3n) is 6.53. The summed E-state index contributed by atoms with van der Waals surface area (Å²) in [6, 6.07) is 15.0. The van der Waals surface area contributed by atoms with Crippen LogP contribution in [0.5, 0.6) is 0 Å². The van der Waals surface area contributed by atoms with Crippen LogP contribution in [0.4, 0.5) is 10.5 Å². The molecule has 34 heavy (non-hydrogen) atoms. The quantitative estimate of drug-likeness (QED) is 0.590. The van der Waals surface area contributed by atoms with Gasteiger partial charge in [-0.3, -0.25) is 4.90 Å². The molecule has 1 atom stereocenters. The Bertz CT molecular complexity index is 1290. The zero-order valence-corrected chi connectivity index (χ0v) is 19.8. The summed E-state index contributed by atoms with van der Waals surface area (Å²) >= 11 is 0. The van der Waals surface area contributed by atoms with Gasteiger partial charge in [0.2, 0.25) is 10.0 Å². The Morgan fingerprint density at radius 1 is 1.12 bits per heavy atom. The summed E-state index contributed by atoms with van der Waals surface area (Å²) in [5.74, 6) is 0. The number of anilines is 1. The zero-order valence-electron chi connectivity index (χ0n) is 19.0. The lowest BCUT2D eigenvalue weighted by molar-refractivity contribution is 0.0926. The Hall–Kier alpha value is -3.08. The number of para-hydroxylation sites is 1. The van der Waals surface area contributed by atoms with E-state index in [-0.39, 0.29) is 11.6 Å². The van der Waals surface area contributed by atoms with Crippen LogP contribution in [0, 0.1) is 0 Å². The maximum atomic E-state index is 13.6. The molecule has 2 aliphatic rings. The van der Waals surface area contributed by atoms with E-state index in [1.807, 2.05) is 36.4 Å². The van der Waals surface area contributed by atoms with Crippen LogP contribution in [0.25, 0.3) is 22.2 Å². The normalized spacial score (nSPS) is 19.6. The average molecular weight is 485 g/mol. The molecule has 2 saturated heterocycles. The number of benzene rings is 2. The van der Waals surface area contributed by atoms with E-state index in [4.69, 9.17) is 4.74 Å². The van der Waals surface area contributed by atoms with Gasteiger partial charge in [0.15, 0.2) is 0 Å². The number of β-amino-alcohol motifs (C(OH)–C–C–N with tert-alkyl or cyclic N) is 1. The standard InChI is InChI=1S/C24H28N4O5S/c1-33-24(30)27-10-4-11-28(16-27)34(31,32)19-7-8-23(26-12-9-18(29)15-26)20(14-19)22-13-17-5-2-3-6-21(17)25-22/h2-3,5-8,13-14,18,25,29H,4,9-12,15-16H2,1H3/t18-/m0/s1. The first-order valence-corrected chi connectivity index (χ1v) is 12.8. The van der Waals surface area contributed by atoms with Crippen LogP contribution < -0.4 is 4.90 Å². The number of carbonyl (C=O) groups excluding carboxylic acids is 1. The van der Waals surface area contributed by atoms with E-state index in [9.17, 15) is 18.3 Å². The molecule has 5 rings (SSSR count). The van der Waals surface area contributed by atoms with E-state index in [0.717, 1.165) is 27.8 Å². The minimum Gasteiger partial charge on any atom is -0.453 e. The van der Waals surface area contributed by atoms with Gasteiger partial charge in [0, 0.05) is 54.0 Å². The molecule has 180 valence electrons. The molecule has 0 spiro atoms. The van der Waals surface area contributed by atoms with Crippen LogP contribution in [0.3, 0.4) is 0 Å². The summed E-state index contributed by atoms with van der Waals surface area (Å²) < 4.78 is 33.2. The minimum absolute atomic E-state index is 0.0448. The number of aliphatic hydroxyl groups excluding tert-OH is 1. The van der Waals surface area contributed by atoms with Gasteiger partial charge in [0.25, 0.3) is 0 Å². The molecule has 0 bridgehead atoms. The molecule has 0 radical (unpaired) electrons. The van der Waals surface area contributed by atoms with Gasteiger partial charge >= 0.3 is 6.09 Å². The number of aromatic nitrogens is 1. The molecule has 2 aliphatic heterocycles. The van der Waals surface area contributed by atoms with Crippen LogP contribution in [-0.4, -0.2) is 79.9 Å². The van der Waals surface area contributed by atoms with Crippen LogP contribution in [0.1, 0.15) is 12.8 Å². The fourth-order valence-corrected chi connectivity index (χ4v) is 6.21. The summed E-state index contributed by atoms with van der Waals surface area (Å²) in [4.78, 5) is 19.0. The molecular formula is C24H28N4O5S. The van der Waals surface area contributed by atoms with Gasteiger partial charge in [-0.2, -0.15) is 4.31 Å². The van der Waals surface area contributed by atoms with Crippen molar-refractivity contribution in [1.29, 1.82) is 0 Å². The second-order valence-electron chi connectivity index (χ2n) is 8.75. The first-order valence-electron chi connectivity index (χ1n) is 11.3. The Morgan fingerprint density at radius 2 is 1.94 bits per heavy atom. The Labute approximate surface area is 198 Å². The number of nitrogens with one attached hydrogen (secondary N) is 1. The SMILES string of the molecule is COC(=O)N1CCCN(S(=O)(=O)c2ccc(N3CC[C@H](O)C3)c(-c3cc4ccccc4[nH]3)c2)C1. The van der Waals surface area contributed by atoms with E-state index in [0.29, 0.717) is 39.0 Å². The number of methoxy groups -OCH3 is 1. The minimum atomic E-state index is -3.85. The monoisotopic (exact) mass is 484 g/mol. The zero-order chi connectivity index (χ0) is 23.9. The third kappa shape index (κ3) is 4.13. The number of amides is 1. The van der Waals surface area contributed by atoms with Crippen molar-refractivity contribution in [1.82, 2.24) is 14.2 Å². The third-order valence-corrected chi connectivity index (χ3v) is 8.35. The molecule has 0 unspecified atom stereocenters. The topological polar surface area (TPSA) is 106 Å². The lowest BCUT2D eigenvalue weighted by Crippen LogP contribution is -2.49. The molecule has 1 aromatic heterocycles. The van der Waals surface area contributed by atoms with Crippen LogP contribution >= 0.6 is 0 Å². The first-order chi connectivity index (χ1) is 16.4. The number of aliphatic hydroxyl groups is 1. The number of aromatic amines is 1. The Kier molecular flexibility index (Phi) is 5.97. The van der Waals surface area contributed by atoms with Gasteiger partial charge < -0.3 is 19.7 Å². The van der Waals surface area contributed by atoms with Gasteiger partial charge in [-0.25, -0.2) is 13.2 Å². The van der Waals surface area contributed by atoms with Gasteiger partial charge in [-0.1, -0.05) is 18.2 Å². The number of sulfonamides is 1. The maximum Gasteiger partial charge on any atom is 0.410 e. The molecule has 0 saturated carbocycles. The number of H-pyrrole nitrogens is 1. The second kappa shape index (κ2) is 8.94. The van der Waals surface area contributed by atoms with Gasteiger partial charge in [0.1, 0.15) is 0 Å². The highest BCUT2D eigenvalue weighted by Gasteiger charge is 2.33. The van der Waals surface area contributed by atoms with E-state index in [1.165, 1.54) is 16.3 Å². The molecule has 1 amide bonds. The highest BCUT2D eigenvalue weighted by molar-refractivity contribution is 7.89. The second-order valence-corrected chi connectivity index (χ2v) is 10.7. The fourth-order valence-electron chi connectivity index (χ4n) is 4.74. The molecule has 2 N–H and O–H groups in total. The summed E-state index contributed by atoms with van der Waals surface area (Å²) in [6.45, 7) is 1.93. The molecule has 10 heteroatoms. The average Bonchev–Trinajstić information content (AvgIpc) is 3.49. The van der Waals surface area contributed by atoms with Crippen molar-refractivity contribution < 1.29 is 23.1 Å². The molecule has 3 aromatic rings. The van der Waals surface area contributed by atoms with E-state index in [1.54, 1.807) is 12.1 Å². The van der Waals surface area contributed by atoms with Crippen molar-refractivity contribution in [3.05, 3.63) is 48.5 Å². The van der Waals surface area contributed by atoms with Gasteiger partial charge in [-0.15, -0.1) is 0 Å². The molecular weight excluding hydrogens is 456 g/mol. The van der Waals surface area contributed by atoms with Gasteiger partial charge in [-0.05, 0) is 43.2 Å². The van der Waals surface area contributed by atoms with Crippen molar-refractivity contribution in [2.24, 2.45) is 0 Å². The summed E-state index contributed by atoms with van der Waals surface area (Å²) in [5.41, 5.74) is 3.40. The maximum absolute atomic E-state index is 13.6. The van der Waals surface area contributed by atoms with E-state index in [2.05, 4.69) is 9.88 Å². The molecule has 2 fully saturated rings. The number of hydrogen-bond acceptors (Lipinski definition) is 6. The first kappa shape index (κ1) is 22.7. The lowest BCUT2D eigenvalue weighted by Gasteiger charge is -2.34. The van der Waals surface area contributed by atoms with Crippen LogP contribution in [-0.2, 0) is 14.8 Å². The number of carbonyl (C=O) groups is 1. The number of fused-ring (bicyclic) bond motifs is 1. The summed E-state index contributed by atoms with van der Waals surface area (Å²) in [7, 11) is -2.56. The van der Waals surface area contributed by atoms with Crippen LogP contribution in [0.2, 0.25) is 0 Å². The van der Waals surface area contributed by atoms with Crippen molar-refractivity contribution in [2.45, 2.75) is 23.8 Å². The summed E-state index contributed by atoms with van der Waals surface area (Å²) in [5, 5.41) is 11.1. The van der Waals surface area contributed by atoms with E-state index >= 15 is 0 Å². The number of ether oxygens (including phenoxy) is 1.